The van der Waals surface area contributed by atoms with Gasteiger partial charge in [-0.25, -0.2) is 13.6 Å². The van der Waals surface area contributed by atoms with Crippen molar-refractivity contribution in [1.82, 2.24) is 30.0 Å². The lowest BCUT2D eigenvalue weighted by atomic mass is 10.4. The zero-order chi connectivity index (χ0) is 13.5. The first-order chi connectivity index (χ1) is 8.29. The van der Waals surface area contributed by atoms with Crippen LogP contribution in [0.5, 0.6) is 0 Å². The molecule has 0 aliphatic carbocycles. The molecule has 2 heterocycles. The van der Waals surface area contributed by atoms with Crippen molar-refractivity contribution in [2.75, 3.05) is 0 Å². The van der Waals surface area contributed by atoms with Crippen LogP contribution in [0.3, 0.4) is 0 Å². The summed E-state index contributed by atoms with van der Waals surface area (Å²) in [5.74, 6) is 0.448. The molecule has 0 saturated heterocycles. The van der Waals surface area contributed by atoms with Crippen LogP contribution in [-0.2, 0) is 23.6 Å². The molecule has 2 aromatic heterocycles. The Morgan fingerprint density at radius 3 is 2.39 bits per heavy atom. The van der Waals surface area contributed by atoms with E-state index >= 15 is 0 Å². The van der Waals surface area contributed by atoms with E-state index in [9.17, 15) is 8.42 Å². The second-order valence-corrected chi connectivity index (χ2v) is 5.40. The molecular weight excluding hydrogens is 258 g/mol. The van der Waals surface area contributed by atoms with Crippen LogP contribution in [0.2, 0.25) is 0 Å². The molecule has 0 saturated carbocycles. The molecule has 0 amide bonds. The molecule has 0 aliphatic heterocycles. The number of rotatable bonds is 3. The number of primary sulfonamides is 1. The van der Waals surface area contributed by atoms with Gasteiger partial charge in [0.15, 0.2) is 5.82 Å². The van der Waals surface area contributed by atoms with E-state index in [1.807, 2.05) is 0 Å². The van der Waals surface area contributed by atoms with Crippen LogP contribution in [0, 0.1) is 13.8 Å². The highest BCUT2D eigenvalue weighted by Crippen LogP contribution is 2.17. The Hall–Kier alpha value is -1.81. The van der Waals surface area contributed by atoms with Gasteiger partial charge >= 0.3 is 0 Å². The number of aromatic nitrogens is 6. The summed E-state index contributed by atoms with van der Waals surface area (Å²) in [7, 11) is -2.13. The molecule has 2 N–H and O–H groups in total. The smallest absolute Gasteiger partial charge is 0.241 e. The highest BCUT2D eigenvalue weighted by molar-refractivity contribution is 7.89. The van der Waals surface area contributed by atoms with E-state index in [-0.39, 0.29) is 11.4 Å². The van der Waals surface area contributed by atoms with Gasteiger partial charge in [-0.1, -0.05) is 0 Å². The molecule has 0 aliphatic rings. The highest BCUT2D eigenvalue weighted by atomic mass is 32.2. The molecular formula is C8H13N7O2S. The first kappa shape index (κ1) is 12.6. The summed E-state index contributed by atoms with van der Waals surface area (Å²) in [6.07, 6.45) is 0. The monoisotopic (exact) mass is 271 g/mol. The largest absolute Gasteiger partial charge is 0.260 e. The van der Waals surface area contributed by atoms with Crippen LogP contribution in [0.25, 0.3) is 0 Å². The molecule has 18 heavy (non-hydrogen) atoms. The molecule has 0 atom stereocenters. The maximum absolute atomic E-state index is 11.4. The molecule has 0 bridgehead atoms. The number of nitrogens with two attached hydrogens (primary N) is 1. The summed E-state index contributed by atoms with van der Waals surface area (Å²) in [5, 5.41) is 20.8. The van der Waals surface area contributed by atoms with Crippen LogP contribution < -0.4 is 5.14 Å². The molecule has 0 radical (unpaired) electrons. The summed E-state index contributed by atoms with van der Waals surface area (Å²) in [6.45, 7) is 3.47. The third-order valence-electron chi connectivity index (χ3n) is 2.44. The molecule has 98 valence electrons. The van der Waals surface area contributed by atoms with Crippen LogP contribution in [0.1, 0.15) is 17.2 Å². The number of nitrogens with zero attached hydrogens (tertiary/aromatic N) is 6. The average molecular weight is 271 g/mol. The summed E-state index contributed by atoms with van der Waals surface area (Å²) >= 11 is 0. The molecule has 9 nitrogen and oxygen atoms in total. The second-order valence-electron chi connectivity index (χ2n) is 3.90. The molecule has 10 heteroatoms. The van der Waals surface area contributed by atoms with Crippen LogP contribution in [-0.4, -0.2) is 38.4 Å². The maximum Gasteiger partial charge on any atom is 0.241 e. The Morgan fingerprint density at radius 2 is 1.94 bits per heavy atom. The predicted octanol–water partition coefficient (Wildman–Crippen LogP) is -1.28. The maximum atomic E-state index is 11.4. The lowest BCUT2D eigenvalue weighted by molar-refractivity contribution is 0.594. The summed E-state index contributed by atoms with van der Waals surface area (Å²) in [5.41, 5.74) is 0.821. The molecule has 2 aromatic rings. The van der Waals surface area contributed by atoms with E-state index in [1.165, 1.54) is 9.48 Å². The van der Waals surface area contributed by atoms with Crippen molar-refractivity contribution in [3.05, 3.63) is 17.2 Å². The van der Waals surface area contributed by atoms with Gasteiger partial charge in [0.1, 0.15) is 11.4 Å². The van der Waals surface area contributed by atoms with Crippen molar-refractivity contribution < 1.29 is 8.42 Å². The SMILES string of the molecule is Cc1nn(Cc2nnn(C)n2)c(C)c1S(N)(=O)=O. The zero-order valence-electron chi connectivity index (χ0n) is 10.2. The van der Waals surface area contributed by atoms with Crippen LogP contribution in [0.15, 0.2) is 4.90 Å². The van der Waals surface area contributed by atoms with Crippen molar-refractivity contribution in [1.29, 1.82) is 0 Å². The van der Waals surface area contributed by atoms with Gasteiger partial charge in [0, 0.05) is 0 Å². The van der Waals surface area contributed by atoms with E-state index in [0.29, 0.717) is 17.2 Å². The van der Waals surface area contributed by atoms with Crippen molar-refractivity contribution in [2.24, 2.45) is 12.2 Å². The topological polar surface area (TPSA) is 122 Å². The highest BCUT2D eigenvalue weighted by Gasteiger charge is 2.21. The van der Waals surface area contributed by atoms with Crippen molar-refractivity contribution in [2.45, 2.75) is 25.3 Å². The predicted molar refractivity (Wildman–Crippen MR) is 61.0 cm³/mol. The third kappa shape index (κ3) is 2.24. The first-order valence-corrected chi connectivity index (χ1v) is 6.63. The molecule has 0 unspecified atom stereocenters. The van der Waals surface area contributed by atoms with E-state index in [0.717, 1.165) is 0 Å². The van der Waals surface area contributed by atoms with Gasteiger partial charge in [-0.2, -0.15) is 9.90 Å². The van der Waals surface area contributed by atoms with E-state index in [4.69, 9.17) is 5.14 Å². The Kier molecular flexibility index (Phi) is 2.91. The summed E-state index contributed by atoms with van der Waals surface area (Å²) in [4.78, 5) is 1.37. The lowest BCUT2D eigenvalue weighted by Gasteiger charge is -2.01. The number of hydrogen-bond acceptors (Lipinski definition) is 6. The fraction of sp³-hybridized carbons (Fsp3) is 0.500. The van der Waals surface area contributed by atoms with Gasteiger partial charge < -0.3 is 0 Å². The second kappa shape index (κ2) is 4.14. The Morgan fingerprint density at radius 1 is 1.28 bits per heavy atom. The van der Waals surface area contributed by atoms with Crippen LogP contribution in [0.4, 0.5) is 0 Å². The third-order valence-corrected chi connectivity index (χ3v) is 3.60. The summed E-state index contributed by atoms with van der Waals surface area (Å²) in [6, 6.07) is 0. The Labute approximate surface area is 104 Å². The lowest BCUT2D eigenvalue weighted by Crippen LogP contribution is -2.14. The zero-order valence-corrected chi connectivity index (χ0v) is 11.0. The van der Waals surface area contributed by atoms with Crippen molar-refractivity contribution >= 4 is 10.0 Å². The van der Waals surface area contributed by atoms with Crippen molar-refractivity contribution in [3.63, 3.8) is 0 Å². The number of sulfonamides is 1. The van der Waals surface area contributed by atoms with Gasteiger partial charge in [-0.15, -0.1) is 10.2 Å². The minimum absolute atomic E-state index is 0.0476. The Bertz CT molecular complexity index is 684. The first-order valence-electron chi connectivity index (χ1n) is 5.08. The van der Waals surface area contributed by atoms with Crippen molar-refractivity contribution in [3.8, 4) is 0 Å². The number of aryl methyl sites for hydroxylation is 2. The number of tetrazole rings is 1. The van der Waals surface area contributed by atoms with E-state index in [1.54, 1.807) is 20.9 Å². The summed E-state index contributed by atoms with van der Waals surface area (Å²) < 4.78 is 24.3. The number of hydrogen-bond donors (Lipinski definition) is 1. The fourth-order valence-corrected chi connectivity index (χ4v) is 2.74. The quantitative estimate of drug-likeness (QED) is 0.742. The van der Waals surface area contributed by atoms with Crippen LogP contribution >= 0.6 is 0 Å². The van der Waals surface area contributed by atoms with Gasteiger partial charge in [0.05, 0.1) is 18.4 Å². The van der Waals surface area contributed by atoms with Gasteiger partial charge in [0.25, 0.3) is 0 Å². The van der Waals surface area contributed by atoms with Gasteiger partial charge in [-0.3, -0.25) is 4.68 Å². The van der Waals surface area contributed by atoms with Gasteiger partial charge in [-0.05, 0) is 19.1 Å². The average Bonchev–Trinajstić information content (AvgIpc) is 2.71. The fourth-order valence-electron chi connectivity index (χ4n) is 1.77. The molecule has 2 rings (SSSR count). The molecule has 0 aromatic carbocycles. The van der Waals surface area contributed by atoms with Gasteiger partial charge in [0.2, 0.25) is 10.0 Å². The standard InChI is InChI=1S/C8H13N7O2S/c1-5-8(18(9,16)17)6(2)15(11-5)4-7-10-13-14(3)12-7/h4H2,1-3H3,(H2,9,16,17). The molecule has 0 spiro atoms. The Balaban J connectivity index is 2.42. The normalized spacial score (nSPS) is 12.0. The van der Waals surface area contributed by atoms with E-state index in [2.05, 4.69) is 20.5 Å². The molecule has 0 fully saturated rings. The minimum atomic E-state index is -3.78. The minimum Gasteiger partial charge on any atom is -0.260 e. The van der Waals surface area contributed by atoms with E-state index < -0.39 is 10.0 Å².